The number of carbonyl (C=O) groups is 1. The summed E-state index contributed by atoms with van der Waals surface area (Å²) >= 11 is 0. The van der Waals surface area contributed by atoms with Gasteiger partial charge < -0.3 is 5.32 Å². The first-order valence-electron chi connectivity index (χ1n) is 6.66. The van der Waals surface area contributed by atoms with Crippen molar-refractivity contribution in [3.05, 3.63) is 48.3 Å². The first-order valence-corrected chi connectivity index (χ1v) is 8.38. The van der Waals surface area contributed by atoms with Crippen LogP contribution < -0.4 is 10.5 Å². The van der Waals surface area contributed by atoms with Crippen LogP contribution in [0.3, 0.4) is 0 Å². The van der Waals surface area contributed by atoms with Crippen LogP contribution in [-0.2, 0) is 14.8 Å². The van der Waals surface area contributed by atoms with Gasteiger partial charge >= 0.3 is 0 Å². The van der Waals surface area contributed by atoms with Gasteiger partial charge in [0, 0.05) is 30.1 Å². The Hall–Kier alpha value is -2.25. The molecular formula is C15H17N3O3S. The molecule has 3 N–H and O–H groups in total. The number of benzene rings is 1. The number of aromatic nitrogens is 1. The number of primary sulfonamides is 1. The van der Waals surface area contributed by atoms with Crippen LogP contribution in [0.2, 0.25) is 0 Å². The maximum atomic E-state index is 11.7. The highest BCUT2D eigenvalue weighted by Crippen LogP contribution is 2.25. The van der Waals surface area contributed by atoms with E-state index in [0.29, 0.717) is 5.69 Å². The Kier molecular flexibility index (Phi) is 4.89. The molecule has 0 aliphatic carbocycles. The van der Waals surface area contributed by atoms with Gasteiger partial charge in [-0.05, 0) is 36.2 Å². The zero-order valence-corrected chi connectivity index (χ0v) is 12.9. The molecule has 0 aliphatic heterocycles. The highest BCUT2D eigenvalue weighted by atomic mass is 32.2. The number of aryl methyl sites for hydroxylation is 1. The Morgan fingerprint density at radius 3 is 2.68 bits per heavy atom. The van der Waals surface area contributed by atoms with Gasteiger partial charge in [0.2, 0.25) is 15.9 Å². The van der Waals surface area contributed by atoms with Crippen LogP contribution in [0.4, 0.5) is 5.69 Å². The predicted molar refractivity (Wildman–Crippen MR) is 85.6 cm³/mol. The smallest absolute Gasteiger partial charge is 0.225 e. The molecule has 116 valence electrons. The third-order valence-corrected chi connectivity index (χ3v) is 3.87. The van der Waals surface area contributed by atoms with E-state index in [2.05, 4.69) is 10.3 Å². The average molecular weight is 319 g/mol. The molecule has 1 aromatic carbocycles. The molecule has 0 unspecified atom stereocenters. The molecule has 0 spiro atoms. The highest BCUT2D eigenvalue weighted by molar-refractivity contribution is 7.89. The lowest BCUT2D eigenvalue weighted by Crippen LogP contribution is -2.22. The summed E-state index contributed by atoms with van der Waals surface area (Å²) < 4.78 is 21.7. The van der Waals surface area contributed by atoms with Gasteiger partial charge in [0.25, 0.3) is 0 Å². The Labute approximate surface area is 129 Å². The van der Waals surface area contributed by atoms with Gasteiger partial charge in [-0.15, -0.1) is 0 Å². The molecule has 0 fully saturated rings. The SMILES string of the molecule is Cc1cc(NC(=O)CCS(N)(=O)=O)ccc1-c1cccnc1. The average Bonchev–Trinajstić information content (AvgIpc) is 2.45. The summed E-state index contributed by atoms with van der Waals surface area (Å²) in [5.41, 5.74) is 3.62. The monoisotopic (exact) mass is 319 g/mol. The number of rotatable bonds is 5. The third-order valence-electron chi connectivity index (χ3n) is 3.10. The van der Waals surface area contributed by atoms with Crippen LogP contribution in [0.15, 0.2) is 42.7 Å². The van der Waals surface area contributed by atoms with Crippen molar-refractivity contribution in [1.82, 2.24) is 4.98 Å². The van der Waals surface area contributed by atoms with Crippen LogP contribution in [0.5, 0.6) is 0 Å². The highest BCUT2D eigenvalue weighted by Gasteiger charge is 2.09. The molecule has 7 heteroatoms. The number of hydrogen-bond donors (Lipinski definition) is 2. The summed E-state index contributed by atoms with van der Waals surface area (Å²) in [6, 6.07) is 9.31. The molecule has 2 aromatic rings. The molecule has 6 nitrogen and oxygen atoms in total. The second-order valence-electron chi connectivity index (χ2n) is 4.94. The second-order valence-corrected chi connectivity index (χ2v) is 6.67. The maximum absolute atomic E-state index is 11.7. The van der Waals surface area contributed by atoms with E-state index in [-0.39, 0.29) is 18.1 Å². The molecule has 2 rings (SSSR count). The molecule has 0 saturated heterocycles. The number of anilines is 1. The van der Waals surface area contributed by atoms with Crippen molar-refractivity contribution in [3.8, 4) is 11.1 Å². The van der Waals surface area contributed by atoms with Gasteiger partial charge in [0.1, 0.15) is 0 Å². The standard InChI is InChI=1S/C15H17N3O3S/c1-11-9-13(18-15(19)6-8-22(16,20)21)4-5-14(11)12-3-2-7-17-10-12/h2-5,7,9-10H,6,8H2,1H3,(H,18,19)(H2,16,20,21). The molecule has 1 heterocycles. The minimum atomic E-state index is -3.63. The lowest BCUT2D eigenvalue weighted by molar-refractivity contribution is -0.115. The van der Waals surface area contributed by atoms with Crippen molar-refractivity contribution in [2.75, 3.05) is 11.1 Å². The van der Waals surface area contributed by atoms with E-state index in [1.165, 1.54) is 0 Å². The van der Waals surface area contributed by atoms with Crippen molar-refractivity contribution >= 4 is 21.6 Å². The minimum Gasteiger partial charge on any atom is -0.326 e. The Morgan fingerprint density at radius 1 is 1.32 bits per heavy atom. The number of nitrogens with zero attached hydrogens (tertiary/aromatic N) is 1. The molecule has 1 aromatic heterocycles. The zero-order valence-electron chi connectivity index (χ0n) is 12.1. The van der Waals surface area contributed by atoms with E-state index in [1.54, 1.807) is 18.5 Å². The summed E-state index contributed by atoms with van der Waals surface area (Å²) in [5, 5.41) is 7.53. The van der Waals surface area contributed by atoms with Crippen molar-refractivity contribution in [2.45, 2.75) is 13.3 Å². The van der Waals surface area contributed by atoms with Crippen molar-refractivity contribution < 1.29 is 13.2 Å². The van der Waals surface area contributed by atoms with Gasteiger partial charge in [-0.1, -0.05) is 12.1 Å². The molecule has 0 saturated carbocycles. The van der Waals surface area contributed by atoms with Gasteiger partial charge in [-0.2, -0.15) is 0 Å². The van der Waals surface area contributed by atoms with E-state index in [0.717, 1.165) is 16.7 Å². The Morgan fingerprint density at radius 2 is 2.09 bits per heavy atom. The minimum absolute atomic E-state index is 0.164. The first-order chi connectivity index (χ1) is 10.3. The number of nitrogens with one attached hydrogen (secondary N) is 1. The van der Waals surface area contributed by atoms with E-state index >= 15 is 0 Å². The van der Waals surface area contributed by atoms with Gasteiger partial charge in [0.15, 0.2) is 0 Å². The van der Waals surface area contributed by atoms with Crippen LogP contribution >= 0.6 is 0 Å². The largest absolute Gasteiger partial charge is 0.326 e. The molecule has 0 aliphatic rings. The maximum Gasteiger partial charge on any atom is 0.225 e. The van der Waals surface area contributed by atoms with Crippen LogP contribution in [0, 0.1) is 6.92 Å². The van der Waals surface area contributed by atoms with Gasteiger partial charge in [-0.25, -0.2) is 13.6 Å². The summed E-state index contributed by atoms with van der Waals surface area (Å²) in [6.45, 7) is 1.93. The van der Waals surface area contributed by atoms with E-state index in [4.69, 9.17) is 5.14 Å². The van der Waals surface area contributed by atoms with E-state index in [9.17, 15) is 13.2 Å². The van der Waals surface area contributed by atoms with Crippen LogP contribution in [0.1, 0.15) is 12.0 Å². The second kappa shape index (κ2) is 6.67. The first kappa shape index (κ1) is 16.1. The lowest BCUT2D eigenvalue weighted by atomic mass is 10.0. The number of hydrogen-bond acceptors (Lipinski definition) is 4. The molecule has 0 bridgehead atoms. The summed E-state index contributed by atoms with van der Waals surface area (Å²) in [4.78, 5) is 15.8. The lowest BCUT2D eigenvalue weighted by Gasteiger charge is -2.10. The fourth-order valence-corrected chi connectivity index (χ4v) is 2.52. The summed E-state index contributed by atoms with van der Waals surface area (Å²) in [5.74, 6) is -0.756. The number of pyridine rings is 1. The van der Waals surface area contributed by atoms with Crippen LogP contribution in [-0.4, -0.2) is 25.1 Å². The molecular weight excluding hydrogens is 302 g/mol. The zero-order chi connectivity index (χ0) is 16.2. The van der Waals surface area contributed by atoms with E-state index < -0.39 is 10.0 Å². The molecule has 0 atom stereocenters. The number of sulfonamides is 1. The van der Waals surface area contributed by atoms with Crippen molar-refractivity contribution in [3.63, 3.8) is 0 Å². The van der Waals surface area contributed by atoms with Crippen molar-refractivity contribution in [2.24, 2.45) is 5.14 Å². The normalized spacial score (nSPS) is 11.2. The van der Waals surface area contributed by atoms with Gasteiger partial charge in [-0.3, -0.25) is 9.78 Å². The molecule has 22 heavy (non-hydrogen) atoms. The Bertz CT molecular complexity index is 774. The summed E-state index contributed by atoms with van der Waals surface area (Å²) in [6.07, 6.45) is 3.31. The molecule has 1 amide bonds. The fourth-order valence-electron chi connectivity index (χ4n) is 2.05. The van der Waals surface area contributed by atoms with E-state index in [1.807, 2.05) is 31.2 Å². The van der Waals surface area contributed by atoms with Gasteiger partial charge in [0.05, 0.1) is 5.75 Å². The molecule has 0 radical (unpaired) electrons. The summed E-state index contributed by atoms with van der Waals surface area (Å²) in [7, 11) is -3.63. The predicted octanol–water partition coefficient (Wildman–Crippen LogP) is 1.67. The number of carbonyl (C=O) groups excluding carboxylic acids is 1. The van der Waals surface area contributed by atoms with Crippen molar-refractivity contribution in [1.29, 1.82) is 0 Å². The Balaban J connectivity index is 2.08. The fraction of sp³-hybridized carbons (Fsp3) is 0.200. The third kappa shape index (κ3) is 4.64. The quantitative estimate of drug-likeness (QED) is 0.875. The van der Waals surface area contributed by atoms with Crippen LogP contribution in [0.25, 0.3) is 11.1 Å². The number of nitrogens with two attached hydrogens (primary N) is 1. The topological polar surface area (TPSA) is 102 Å². The number of amides is 1.